The van der Waals surface area contributed by atoms with Gasteiger partial charge in [0.15, 0.2) is 0 Å². The van der Waals surface area contributed by atoms with Gasteiger partial charge in [0.05, 0.1) is 21.8 Å². The van der Waals surface area contributed by atoms with Gasteiger partial charge in [-0.25, -0.2) is 22.5 Å². The minimum atomic E-state index is -4.68. The predicted octanol–water partition coefficient (Wildman–Crippen LogP) is 3.23. The van der Waals surface area contributed by atoms with Crippen LogP contribution in [0.5, 0.6) is 0 Å². The fourth-order valence-electron chi connectivity index (χ4n) is 2.16. The van der Waals surface area contributed by atoms with Crippen LogP contribution in [0.15, 0.2) is 60.0 Å². The summed E-state index contributed by atoms with van der Waals surface area (Å²) in [4.78, 5) is 3.25. The topological polar surface area (TPSA) is 76.9 Å². The molecule has 136 valence electrons. The van der Waals surface area contributed by atoms with Crippen LogP contribution < -0.4 is 4.72 Å². The van der Waals surface area contributed by atoms with Gasteiger partial charge in [0.1, 0.15) is 18.5 Å². The number of aromatic nitrogens is 3. The minimum absolute atomic E-state index is 0.0236. The van der Waals surface area contributed by atoms with Crippen molar-refractivity contribution < 1.29 is 26.0 Å². The number of alkyl halides is 3. The Kier molecular flexibility index (Phi) is 4.40. The maximum absolute atomic E-state index is 13.3. The summed E-state index contributed by atoms with van der Waals surface area (Å²) in [5.74, 6) is -0.798. The Morgan fingerprint density at radius 2 is 1.85 bits per heavy atom. The molecule has 26 heavy (non-hydrogen) atoms. The smallest absolute Gasteiger partial charge is 0.277 e. The van der Waals surface area contributed by atoms with Crippen LogP contribution in [0.25, 0.3) is 5.69 Å². The molecule has 0 aliphatic heterocycles. The van der Waals surface area contributed by atoms with Crippen molar-refractivity contribution in [3.8, 4) is 5.69 Å². The zero-order chi connectivity index (χ0) is 18.9. The molecule has 0 bridgehead atoms. The van der Waals surface area contributed by atoms with Gasteiger partial charge in [0.25, 0.3) is 10.0 Å². The van der Waals surface area contributed by atoms with E-state index in [1.54, 1.807) is 0 Å². The van der Waals surface area contributed by atoms with Gasteiger partial charge >= 0.3 is 6.18 Å². The molecule has 1 aromatic heterocycles. The summed E-state index contributed by atoms with van der Waals surface area (Å²) in [6.07, 6.45) is -2.34. The highest BCUT2D eigenvalue weighted by Crippen LogP contribution is 2.34. The van der Waals surface area contributed by atoms with Gasteiger partial charge in [-0.1, -0.05) is 6.07 Å². The maximum atomic E-state index is 13.3. The van der Waals surface area contributed by atoms with E-state index in [1.807, 2.05) is 4.72 Å². The van der Waals surface area contributed by atoms with E-state index < -0.39 is 32.5 Å². The molecule has 0 atom stereocenters. The number of nitrogens with zero attached hydrogens (tertiary/aromatic N) is 3. The Morgan fingerprint density at radius 3 is 2.46 bits per heavy atom. The minimum Gasteiger partial charge on any atom is -0.277 e. The summed E-state index contributed by atoms with van der Waals surface area (Å²) < 4.78 is 80.3. The molecule has 0 fully saturated rings. The van der Waals surface area contributed by atoms with E-state index in [-0.39, 0.29) is 11.4 Å². The maximum Gasteiger partial charge on any atom is 0.416 e. The number of hydrogen-bond acceptors (Lipinski definition) is 4. The summed E-state index contributed by atoms with van der Waals surface area (Å²) in [5.41, 5.74) is -1.41. The first-order valence-corrected chi connectivity index (χ1v) is 8.50. The van der Waals surface area contributed by atoms with Crippen LogP contribution in [0.4, 0.5) is 23.2 Å². The first-order valence-electron chi connectivity index (χ1n) is 7.01. The first kappa shape index (κ1) is 17.9. The van der Waals surface area contributed by atoms with Crippen molar-refractivity contribution >= 4 is 15.7 Å². The largest absolute Gasteiger partial charge is 0.416 e. The zero-order valence-electron chi connectivity index (χ0n) is 12.8. The number of benzene rings is 2. The molecule has 0 aliphatic rings. The molecule has 1 heterocycles. The number of sulfonamides is 1. The Hall–Kier alpha value is -2.95. The highest BCUT2D eigenvalue weighted by Gasteiger charge is 2.32. The van der Waals surface area contributed by atoms with E-state index in [9.17, 15) is 26.0 Å². The van der Waals surface area contributed by atoms with Gasteiger partial charge in [0, 0.05) is 0 Å². The first-order chi connectivity index (χ1) is 12.2. The van der Waals surface area contributed by atoms with Gasteiger partial charge in [-0.3, -0.25) is 4.72 Å². The average Bonchev–Trinajstić information content (AvgIpc) is 3.08. The van der Waals surface area contributed by atoms with Crippen LogP contribution in [0.3, 0.4) is 0 Å². The van der Waals surface area contributed by atoms with Crippen molar-refractivity contribution in [2.75, 3.05) is 4.72 Å². The lowest BCUT2D eigenvalue weighted by Gasteiger charge is -2.15. The third-order valence-electron chi connectivity index (χ3n) is 3.34. The molecular weight excluding hydrogens is 376 g/mol. The number of hydrogen-bond donors (Lipinski definition) is 1. The molecule has 0 amide bonds. The van der Waals surface area contributed by atoms with E-state index in [0.29, 0.717) is 6.07 Å². The monoisotopic (exact) mass is 386 g/mol. The van der Waals surface area contributed by atoms with Gasteiger partial charge < -0.3 is 0 Å². The molecule has 1 N–H and O–H groups in total. The molecule has 0 unspecified atom stereocenters. The van der Waals surface area contributed by atoms with E-state index in [1.165, 1.54) is 12.4 Å². The van der Waals surface area contributed by atoms with Gasteiger partial charge in [-0.15, -0.1) is 0 Å². The summed E-state index contributed by atoms with van der Waals surface area (Å²) in [6.45, 7) is 0. The van der Waals surface area contributed by atoms with Crippen LogP contribution in [-0.2, 0) is 16.2 Å². The molecule has 0 radical (unpaired) electrons. The summed E-state index contributed by atoms with van der Waals surface area (Å²) in [6, 6.07) is 6.57. The summed E-state index contributed by atoms with van der Waals surface area (Å²) in [5, 5.41) is 3.79. The fraction of sp³-hybridized carbons (Fsp3) is 0.0667. The lowest BCUT2D eigenvalue weighted by atomic mass is 10.1. The Bertz CT molecular complexity index is 1030. The zero-order valence-corrected chi connectivity index (χ0v) is 13.6. The fourth-order valence-corrected chi connectivity index (χ4v) is 3.26. The van der Waals surface area contributed by atoms with E-state index >= 15 is 0 Å². The van der Waals surface area contributed by atoms with Crippen LogP contribution in [-0.4, -0.2) is 23.2 Å². The lowest BCUT2D eigenvalue weighted by molar-refractivity contribution is -0.137. The van der Waals surface area contributed by atoms with Crippen LogP contribution >= 0.6 is 0 Å². The van der Waals surface area contributed by atoms with Gasteiger partial charge in [-0.2, -0.15) is 18.3 Å². The van der Waals surface area contributed by atoms with Crippen molar-refractivity contribution in [3.05, 3.63) is 66.5 Å². The normalized spacial score (nSPS) is 12.2. The Morgan fingerprint density at radius 1 is 1.08 bits per heavy atom. The number of rotatable bonds is 4. The highest BCUT2D eigenvalue weighted by atomic mass is 32.2. The van der Waals surface area contributed by atoms with Crippen molar-refractivity contribution in [2.45, 2.75) is 11.1 Å². The quantitative estimate of drug-likeness (QED) is 0.699. The van der Waals surface area contributed by atoms with Crippen LogP contribution in [0.2, 0.25) is 0 Å². The van der Waals surface area contributed by atoms with E-state index in [4.69, 9.17) is 0 Å². The van der Waals surface area contributed by atoms with E-state index in [0.717, 1.165) is 41.3 Å². The SMILES string of the molecule is O=S(=O)(Nc1cc(C(F)(F)F)ccc1-n1cncn1)c1cccc(F)c1. The van der Waals surface area contributed by atoms with Crippen LogP contribution in [0.1, 0.15) is 5.56 Å². The average molecular weight is 386 g/mol. The van der Waals surface area contributed by atoms with Crippen molar-refractivity contribution in [2.24, 2.45) is 0 Å². The third kappa shape index (κ3) is 3.67. The molecule has 11 heteroatoms. The van der Waals surface area contributed by atoms with Crippen molar-refractivity contribution in [1.29, 1.82) is 0 Å². The highest BCUT2D eigenvalue weighted by molar-refractivity contribution is 7.92. The number of nitrogens with one attached hydrogen (secondary N) is 1. The Balaban J connectivity index is 2.10. The van der Waals surface area contributed by atoms with Crippen LogP contribution in [0, 0.1) is 5.82 Å². The molecule has 3 aromatic rings. The standard InChI is InChI=1S/C15H10F4N4O2S/c16-11-2-1-3-12(7-11)26(24,25)22-13-6-10(15(17,18)19)4-5-14(13)23-9-20-8-21-23/h1-9,22H. The summed E-state index contributed by atoms with van der Waals surface area (Å²) in [7, 11) is -4.33. The molecule has 3 rings (SSSR count). The van der Waals surface area contributed by atoms with E-state index in [2.05, 4.69) is 10.1 Å². The molecular formula is C15H10F4N4O2S. The number of halogens is 4. The summed E-state index contributed by atoms with van der Waals surface area (Å²) >= 11 is 0. The van der Waals surface area contributed by atoms with Gasteiger partial charge in [0.2, 0.25) is 0 Å². The number of anilines is 1. The molecule has 0 aliphatic carbocycles. The molecule has 0 spiro atoms. The Labute approximate surface area is 145 Å². The molecule has 0 saturated carbocycles. The third-order valence-corrected chi connectivity index (χ3v) is 4.70. The van der Waals surface area contributed by atoms with Crippen molar-refractivity contribution in [3.63, 3.8) is 0 Å². The second-order valence-corrected chi connectivity index (χ2v) is 6.82. The lowest BCUT2D eigenvalue weighted by Crippen LogP contribution is -2.16. The van der Waals surface area contributed by atoms with Gasteiger partial charge in [-0.05, 0) is 36.4 Å². The second-order valence-electron chi connectivity index (χ2n) is 5.13. The molecule has 6 nitrogen and oxygen atoms in total. The second kappa shape index (κ2) is 6.41. The predicted molar refractivity (Wildman–Crippen MR) is 83.6 cm³/mol. The van der Waals surface area contributed by atoms with Crippen molar-refractivity contribution in [1.82, 2.24) is 14.8 Å². The molecule has 2 aromatic carbocycles. The molecule has 0 saturated heterocycles.